The molecule has 0 fully saturated rings. The smallest absolute Gasteiger partial charge is 0.291 e. The van der Waals surface area contributed by atoms with Crippen LogP contribution < -0.4 is 10.9 Å². The van der Waals surface area contributed by atoms with Crippen LogP contribution in [-0.2, 0) is 24.3 Å². The summed E-state index contributed by atoms with van der Waals surface area (Å²) >= 11 is 1.58. The summed E-state index contributed by atoms with van der Waals surface area (Å²) in [5.74, 6) is 0.509. The summed E-state index contributed by atoms with van der Waals surface area (Å²) in [6.07, 6.45) is 4.01. The highest BCUT2D eigenvalue weighted by atomic mass is 32.1. The lowest BCUT2D eigenvalue weighted by Gasteiger charge is -2.10. The molecule has 4 heterocycles. The van der Waals surface area contributed by atoms with E-state index < -0.39 is 0 Å². The number of carbonyl (C=O) groups is 1. The molecule has 0 aliphatic heterocycles. The van der Waals surface area contributed by atoms with Gasteiger partial charge in [-0.3, -0.25) is 19.0 Å². The molecule has 4 aromatic heterocycles. The van der Waals surface area contributed by atoms with Gasteiger partial charge in [-0.05, 0) is 35.2 Å². The Bertz CT molecular complexity index is 1140. The van der Waals surface area contributed by atoms with Crippen LogP contribution in [0.1, 0.15) is 18.3 Å². The minimum atomic E-state index is -0.260. The van der Waals surface area contributed by atoms with Gasteiger partial charge in [0.15, 0.2) is 0 Å². The normalized spacial score (nSPS) is 11.3. The zero-order valence-corrected chi connectivity index (χ0v) is 15.0. The number of hydrogen-bond donors (Lipinski definition) is 1. The summed E-state index contributed by atoms with van der Waals surface area (Å²) in [5.41, 5.74) is 1.25. The Morgan fingerprint density at radius 2 is 2.08 bits per heavy atom. The molecule has 0 unspecified atom stereocenters. The van der Waals surface area contributed by atoms with Gasteiger partial charge in [0, 0.05) is 30.7 Å². The molecule has 0 saturated heterocycles. The van der Waals surface area contributed by atoms with Gasteiger partial charge in [0.1, 0.15) is 22.7 Å². The van der Waals surface area contributed by atoms with Crippen LogP contribution in [0.15, 0.2) is 46.8 Å². The van der Waals surface area contributed by atoms with Crippen LogP contribution in [-0.4, -0.2) is 25.1 Å². The Kier molecular flexibility index (Phi) is 4.26. The van der Waals surface area contributed by atoms with Gasteiger partial charge in [-0.25, -0.2) is 4.68 Å². The van der Waals surface area contributed by atoms with Crippen molar-refractivity contribution in [2.75, 3.05) is 0 Å². The topological polar surface area (TPSA) is 81.3 Å². The van der Waals surface area contributed by atoms with Crippen LogP contribution in [0.5, 0.6) is 0 Å². The van der Waals surface area contributed by atoms with E-state index in [9.17, 15) is 9.59 Å². The van der Waals surface area contributed by atoms with E-state index in [0.29, 0.717) is 18.5 Å². The van der Waals surface area contributed by atoms with Crippen molar-refractivity contribution >= 4 is 33.0 Å². The summed E-state index contributed by atoms with van der Waals surface area (Å²) < 4.78 is 3.15. The minimum absolute atomic E-state index is 0.105. The van der Waals surface area contributed by atoms with E-state index in [1.54, 1.807) is 23.7 Å². The summed E-state index contributed by atoms with van der Waals surface area (Å²) in [5, 5.41) is 10.2. The Morgan fingerprint density at radius 3 is 2.85 bits per heavy atom. The van der Waals surface area contributed by atoms with Crippen molar-refractivity contribution in [3.63, 3.8) is 0 Å². The van der Waals surface area contributed by atoms with E-state index in [1.165, 1.54) is 4.68 Å². The SMILES string of the molecule is CCc1nn(CC(=O)NCc2ccncc2)c(=O)c2cc3ccsc3n12. The Morgan fingerprint density at radius 1 is 1.27 bits per heavy atom. The third-order valence-corrected chi connectivity index (χ3v) is 5.12. The van der Waals surface area contributed by atoms with Crippen molar-refractivity contribution in [2.45, 2.75) is 26.4 Å². The molecule has 0 radical (unpaired) electrons. The van der Waals surface area contributed by atoms with Crippen LogP contribution >= 0.6 is 11.3 Å². The number of amides is 1. The first-order valence-corrected chi connectivity index (χ1v) is 9.19. The maximum atomic E-state index is 12.8. The highest BCUT2D eigenvalue weighted by Gasteiger charge is 2.15. The molecule has 1 N–H and O–H groups in total. The van der Waals surface area contributed by atoms with Crippen LogP contribution in [0.25, 0.3) is 15.7 Å². The Labute approximate surface area is 152 Å². The number of hydrogen-bond acceptors (Lipinski definition) is 5. The third-order valence-electron chi connectivity index (χ3n) is 4.21. The van der Waals surface area contributed by atoms with Gasteiger partial charge in [0.05, 0.1) is 0 Å². The first-order chi connectivity index (χ1) is 12.7. The summed E-state index contributed by atoms with van der Waals surface area (Å²) in [4.78, 5) is 30.0. The van der Waals surface area contributed by atoms with Gasteiger partial charge >= 0.3 is 0 Å². The van der Waals surface area contributed by atoms with E-state index in [0.717, 1.165) is 21.6 Å². The fourth-order valence-corrected chi connectivity index (χ4v) is 3.84. The molecule has 4 rings (SSSR count). The van der Waals surface area contributed by atoms with Gasteiger partial charge in [-0.2, -0.15) is 5.10 Å². The van der Waals surface area contributed by atoms with Crippen molar-refractivity contribution in [3.8, 4) is 0 Å². The van der Waals surface area contributed by atoms with Gasteiger partial charge < -0.3 is 5.32 Å². The van der Waals surface area contributed by atoms with Gasteiger partial charge in [0.25, 0.3) is 5.56 Å². The van der Waals surface area contributed by atoms with E-state index in [-0.39, 0.29) is 18.0 Å². The third kappa shape index (κ3) is 2.88. The molecule has 26 heavy (non-hydrogen) atoms. The predicted octanol–water partition coefficient (Wildman–Crippen LogP) is 1.98. The molecule has 0 bridgehead atoms. The lowest BCUT2D eigenvalue weighted by Crippen LogP contribution is -2.35. The Balaban J connectivity index is 1.63. The van der Waals surface area contributed by atoms with Gasteiger partial charge in [-0.15, -0.1) is 11.3 Å². The molecule has 0 spiro atoms. The number of aromatic nitrogens is 4. The maximum Gasteiger partial charge on any atom is 0.291 e. The molecule has 0 aromatic carbocycles. The number of thiophene rings is 1. The predicted molar refractivity (Wildman–Crippen MR) is 100 cm³/mol. The average Bonchev–Trinajstić information content (AvgIpc) is 3.25. The molecule has 0 atom stereocenters. The van der Waals surface area contributed by atoms with Crippen molar-refractivity contribution in [3.05, 3.63) is 63.8 Å². The zero-order valence-electron chi connectivity index (χ0n) is 14.2. The molecule has 132 valence electrons. The average molecular weight is 367 g/mol. The largest absolute Gasteiger partial charge is 0.350 e. The second kappa shape index (κ2) is 6.72. The Hall–Kier alpha value is -3.00. The summed E-state index contributed by atoms with van der Waals surface area (Å²) in [7, 11) is 0. The van der Waals surface area contributed by atoms with Gasteiger partial charge in [0.2, 0.25) is 5.91 Å². The van der Waals surface area contributed by atoms with Crippen molar-refractivity contribution in [2.24, 2.45) is 0 Å². The molecule has 8 heteroatoms. The zero-order chi connectivity index (χ0) is 18.1. The fourth-order valence-electron chi connectivity index (χ4n) is 2.93. The molecule has 7 nitrogen and oxygen atoms in total. The quantitative estimate of drug-likeness (QED) is 0.585. The first-order valence-electron chi connectivity index (χ1n) is 8.31. The molecule has 0 saturated carbocycles. The summed E-state index contributed by atoms with van der Waals surface area (Å²) in [6, 6.07) is 7.51. The van der Waals surface area contributed by atoms with Crippen LogP contribution in [0.3, 0.4) is 0 Å². The second-order valence-corrected chi connectivity index (χ2v) is 6.81. The molecule has 0 aliphatic carbocycles. The molecular weight excluding hydrogens is 350 g/mol. The standard InChI is InChI=1S/C18H17N5O2S/c1-2-15-21-22(11-16(24)20-10-12-3-6-19-7-4-12)17(25)14-9-13-5-8-26-18(13)23(14)15/h3-9H,2,10-11H2,1H3,(H,20,24). The van der Waals surface area contributed by atoms with Crippen LogP contribution in [0.2, 0.25) is 0 Å². The van der Waals surface area contributed by atoms with Crippen LogP contribution in [0, 0.1) is 0 Å². The fraction of sp³-hybridized carbons (Fsp3) is 0.222. The number of carbonyl (C=O) groups excluding carboxylic acids is 1. The van der Waals surface area contributed by atoms with E-state index in [2.05, 4.69) is 15.4 Å². The second-order valence-electron chi connectivity index (χ2n) is 5.91. The van der Waals surface area contributed by atoms with E-state index >= 15 is 0 Å². The van der Waals surface area contributed by atoms with Gasteiger partial charge in [-0.1, -0.05) is 6.92 Å². The van der Waals surface area contributed by atoms with Crippen molar-refractivity contribution in [1.29, 1.82) is 0 Å². The maximum absolute atomic E-state index is 12.8. The number of nitrogens with one attached hydrogen (secondary N) is 1. The first kappa shape index (κ1) is 16.5. The molecular formula is C18H17N5O2S. The number of rotatable bonds is 5. The molecule has 0 aliphatic rings. The lowest BCUT2D eigenvalue weighted by atomic mass is 10.3. The number of pyridine rings is 1. The highest BCUT2D eigenvalue weighted by Crippen LogP contribution is 2.24. The number of aryl methyl sites for hydroxylation is 1. The van der Waals surface area contributed by atoms with Crippen LogP contribution in [0.4, 0.5) is 0 Å². The minimum Gasteiger partial charge on any atom is -0.350 e. The van der Waals surface area contributed by atoms with E-state index in [4.69, 9.17) is 0 Å². The highest BCUT2D eigenvalue weighted by molar-refractivity contribution is 7.16. The molecule has 4 aromatic rings. The number of nitrogens with zero attached hydrogens (tertiary/aromatic N) is 4. The van der Waals surface area contributed by atoms with E-state index in [1.807, 2.05) is 41.0 Å². The van der Waals surface area contributed by atoms with Crippen molar-refractivity contribution < 1.29 is 4.79 Å². The summed E-state index contributed by atoms with van der Waals surface area (Å²) in [6.45, 7) is 2.27. The molecule has 1 amide bonds. The lowest BCUT2D eigenvalue weighted by molar-refractivity contribution is -0.122. The van der Waals surface area contributed by atoms with Crippen molar-refractivity contribution in [1.82, 2.24) is 24.5 Å². The number of fused-ring (bicyclic) bond motifs is 3. The monoisotopic (exact) mass is 367 g/mol.